The Morgan fingerprint density at radius 3 is 2.23 bits per heavy atom. The van der Waals surface area contributed by atoms with Gasteiger partial charge in [-0.3, -0.25) is 20.4 Å². The van der Waals surface area contributed by atoms with E-state index < -0.39 is 21.8 Å². The second-order valence-corrected chi connectivity index (χ2v) is 9.43. The number of amides is 2. The van der Waals surface area contributed by atoms with Crippen molar-refractivity contribution in [1.29, 1.82) is 0 Å². The number of benzene rings is 2. The molecule has 0 spiro atoms. The van der Waals surface area contributed by atoms with Crippen LogP contribution in [0.1, 0.15) is 33.6 Å². The lowest BCUT2D eigenvalue weighted by Crippen LogP contribution is -2.41. The van der Waals surface area contributed by atoms with E-state index in [0.29, 0.717) is 18.8 Å². The van der Waals surface area contributed by atoms with Crippen molar-refractivity contribution in [2.45, 2.75) is 22.6 Å². The number of carbonyl (C=O) groups is 2. The Morgan fingerprint density at radius 2 is 1.63 bits per heavy atom. The van der Waals surface area contributed by atoms with Gasteiger partial charge in [-0.2, -0.15) is 4.31 Å². The molecule has 10 heteroatoms. The van der Waals surface area contributed by atoms with Gasteiger partial charge in [-0.25, -0.2) is 8.42 Å². The lowest BCUT2D eigenvalue weighted by atomic mass is 10.2. The van der Waals surface area contributed by atoms with Crippen molar-refractivity contribution in [3.63, 3.8) is 0 Å². The molecule has 30 heavy (non-hydrogen) atoms. The summed E-state index contributed by atoms with van der Waals surface area (Å²) < 4.78 is 31.8. The molecule has 0 atom stereocenters. The fraction of sp³-hybridized carbons (Fsp3) is 0.300. The number of nitrogens with zero attached hydrogens (tertiary/aromatic N) is 1. The molecule has 2 amide bonds. The number of ether oxygens (including phenoxy) is 1. The maximum atomic E-state index is 12.5. The molecule has 160 valence electrons. The maximum absolute atomic E-state index is 12.5. The molecular weight excluding hydrogens is 426 g/mol. The zero-order chi connectivity index (χ0) is 21.7. The second kappa shape index (κ2) is 9.50. The van der Waals surface area contributed by atoms with Crippen LogP contribution in [0.5, 0.6) is 5.75 Å². The highest BCUT2D eigenvalue weighted by molar-refractivity contribution is 7.98. The van der Waals surface area contributed by atoms with E-state index >= 15 is 0 Å². The van der Waals surface area contributed by atoms with Crippen molar-refractivity contribution in [1.82, 2.24) is 15.2 Å². The number of hydrogen-bond acceptors (Lipinski definition) is 6. The van der Waals surface area contributed by atoms with E-state index in [1.54, 1.807) is 18.2 Å². The lowest BCUT2D eigenvalue weighted by Gasteiger charge is -2.15. The minimum atomic E-state index is -3.54. The number of hydrogen-bond donors (Lipinski definition) is 2. The standard InChI is InChI=1S/C20H23N3O5S2/c1-28-18-13-15(29-2)7-10-17(18)20(25)22-21-19(24)14-5-8-16(9-6-14)30(26,27)23-11-3-4-12-23/h5-10,13H,3-4,11-12H2,1-2H3,(H,21,24)(H,22,25). The number of hydrazine groups is 1. The van der Waals surface area contributed by atoms with Crippen molar-refractivity contribution in [2.24, 2.45) is 0 Å². The molecule has 8 nitrogen and oxygen atoms in total. The largest absolute Gasteiger partial charge is 0.496 e. The Morgan fingerprint density at radius 1 is 1.00 bits per heavy atom. The monoisotopic (exact) mass is 449 g/mol. The number of nitrogens with one attached hydrogen (secondary N) is 2. The van der Waals surface area contributed by atoms with E-state index in [-0.39, 0.29) is 16.0 Å². The number of carbonyl (C=O) groups excluding carboxylic acids is 2. The lowest BCUT2D eigenvalue weighted by molar-refractivity contribution is 0.0845. The number of thioether (sulfide) groups is 1. The Bertz CT molecular complexity index is 1030. The Hall–Kier alpha value is -2.56. The molecule has 0 bridgehead atoms. The van der Waals surface area contributed by atoms with Crippen LogP contribution in [0.25, 0.3) is 0 Å². The fourth-order valence-electron chi connectivity index (χ4n) is 3.09. The molecule has 2 aromatic carbocycles. The summed E-state index contributed by atoms with van der Waals surface area (Å²) in [4.78, 5) is 25.8. The van der Waals surface area contributed by atoms with Crippen LogP contribution in [0.2, 0.25) is 0 Å². The first-order valence-corrected chi connectivity index (χ1v) is 12.0. The van der Waals surface area contributed by atoms with Crippen molar-refractivity contribution < 1.29 is 22.7 Å². The molecule has 0 aliphatic carbocycles. The SMILES string of the molecule is COc1cc(SC)ccc1C(=O)NNC(=O)c1ccc(S(=O)(=O)N2CCCC2)cc1. The quantitative estimate of drug-likeness (QED) is 0.518. The van der Waals surface area contributed by atoms with Crippen LogP contribution in [0, 0.1) is 0 Å². The highest BCUT2D eigenvalue weighted by Gasteiger charge is 2.27. The van der Waals surface area contributed by atoms with Gasteiger partial charge in [0.15, 0.2) is 0 Å². The summed E-state index contributed by atoms with van der Waals surface area (Å²) in [5.41, 5.74) is 5.18. The molecule has 3 rings (SSSR count). The molecule has 2 N–H and O–H groups in total. The van der Waals surface area contributed by atoms with Crippen molar-refractivity contribution in [2.75, 3.05) is 26.5 Å². The summed E-state index contributed by atoms with van der Waals surface area (Å²) in [6, 6.07) is 10.8. The van der Waals surface area contributed by atoms with Gasteiger partial charge in [0.05, 0.1) is 17.6 Å². The molecule has 1 saturated heterocycles. The van der Waals surface area contributed by atoms with Gasteiger partial charge >= 0.3 is 0 Å². The first-order chi connectivity index (χ1) is 14.4. The zero-order valence-corrected chi connectivity index (χ0v) is 18.3. The summed E-state index contributed by atoms with van der Waals surface area (Å²) in [7, 11) is -2.08. The first-order valence-electron chi connectivity index (χ1n) is 9.29. The second-order valence-electron chi connectivity index (χ2n) is 6.61. The zero-order valence-electron chi connectivity index (χ0n) is 16.7. The predicted molar refractivity (Wildman–Crippen MR) is 114 cm³/mol. The van der Waals surface area contributed by atoms with Gasteiger partial charge in [-0.15, -0.1) is 11.8 Å². The molecule has 1 aliphatic rings. The number of sulfonamides is 1. The predicted octanol–water partition coefficient (Wildman–Crippen LogP) is 2.28. The van der Waals surface area contributed by atoms with Crippen LogP contribution in [-0.4, -0.2) is 51.0 Å². The molecule has 0 unspecified atom stereocenters. The summed E-state index contributed by atoms with van der Waals surface area (Å²) in [6.07, 6.45) is 3.62. The van der Waals surface area contributed by atoms with E-state index in [9.17, 15) is 18.0 Å². The normalized spacial score (nSPS) is 14.3. The van der Waals surface area contributed by atoms with Crippen molar-refractivity contribution >= 4 is 33.6 Å². The third-order valence-electron chi connectivity index (χ3n) is 4.76. The van der Waals surface area contributed by atoms with Gasteiger partial charge < -0.3 is 4.74 Å². The van der Waals surface area contributed by atoms with E-state index in [2.05, 4.69) is 10.9 Å². The van der Waals surface area contributed by atoms with Gasteiger partial charge in [0.2, 0.25) is 10.0 Å². The third-order valence-corrected chi connectivity index (χ3v) is 7.40. The highest BCUT2D eigenvalue weighted by atomic mass is 32.2. The third kappa shape index (κ3) is 4.77. The molecule has 0 aromatic heterocycles. The van der Waals surface area contributed by atoms with E-state index in [0.717, 1.165) is 17.7 Å². The number of rotatable bonds is 6. The maximum Gasteiger partial charge on any atom is 0.273 e. The molecule has 2 aromatic rings. The minimum absolute atomic E-state index is 0.142. The van der Waals surface area contributed by atoms with Crippen LogP contribution in [0.3, 0.4) is 0 Å². The smallest absolute Gasteiger partial charge is 0.273 e. The fourth-order valence-corrected chi connectivity index (χ4v) is 5.04. The first kappa shape index (κ1) is 22.1. The molecule has 1 fully saturated rings. The van der Waals surface area contributed by atoms with Crippen LogP contribution >= 0.6 is 11.8 Å². The molecule has 0 radical (unpaired) electrons. The van der Waals surface area contributed by atoms with Crippen LogP contribution in [0.4, 0.5) is 0 Å². The van der Waals surface area contributed by atoms with E-state index in [1.165, 1.54) is 47.4 Å². The molecule has 0 saturated carbocycles. The van der Waals surface area contributed by atoms with Crippen molar-refractivity contribution in [3.05, 3.63) is 53.6 Å². The van der Waals surface area contributed by atoms with Gasteiger partial charge in [0.1, 0.15) is 5.75 Å². The van der Waals surface area contributed by atoms with Gasteiger partial charge in [0, 0.05) is 23.5 Å². The number of methoxy groups -OCH3 is 1. The molecular formula is C20H23N3O5S2. The molecule has 1 aliphatic heterocycles. The Kier molecular flexibility index (Phi) is 7.01. The average molecular weight is 450 g/mol. The van der Waals surface area contributed by atoms with E-state index in [4.69, 9.17) is 4.74 Å². The average Bonchev–Trinajstić information content (AvgIpc) is 3.32. The Labute approximate surface area is 180 Å². The highest BCUT2D eigenvalue weighted by Crippen LogP contribution is 2.25. The summed E-state index contributed by atoms with van der Waals surface area (Å²) in [5.74, 6) is -0.695. The molecule has 1 heterocycles. The van der Waals surface area contributed by atoms with Gasteiger partial charge in [-0.05, 0) is 61.6 Å². The summed E-state index contributed by atoms with van der Waals surface area (Å²) in [5, 5.41) is 0. The van der Waals surface area contributed by atoms with Gasteiger partial charge in [-0.1, -0.05) is 0 Å². The summed E-state index contributed by atoms with van der Waals surface area (Å²) >= 11 is 1.52. The van der Waals surface area contributed by atoms with Gasteiger partial charge in [0.25, 0.3) is 11.8 Å². The van der Waals surface area contributed by atoms with Crippen LogP contribution < -0.4 is 15.6 Å². The summed E-state index contributed by atoms with van der Waals surface area (Å²) in [6.45, 7) is 1.02. The Balaban J connectivity index is 1.64. The van der Waals surface area contributed by atoms with Crippen LogP contribution in [0.15, 0.2) is 52.3 Å². The van der Waals surface area contributed by atoms with Crippen molar-refractivity contribution in [3.8, 4) is 5.75 Å². The van der Waals surface area contributed by atoms with E-state index in [1.807, 2.05) is 6.26 Å². The van der Waals surface area contributed by atoms with Crippen LogP contribution in [-0.2, 0) is 10.0 Å². The topological polar surface area (TPSA) is 105 Å². The minimum Gasteiger partial charge on any atom is -0.496 e.